The number of H-pyrrole nitrogens is 1. The molecule has 36 heavy (non-hydrogen) atoms. The summed E-state index contributed by atoms with van der Waals surface area (Å²) in [6.07, 6.45) is -5.91. The molecule has 0 saturated carbocycles. The van der Waals surface area contributed by atoms with Gasteiger partial charge in [0, 0.05) is 24.8 Å². The van der Waals surface area contributed by atoms with Gasteiger partial charge in [0.2, 0.25) is 5.62 Å². The van der Waals surface area contributed by atoms with Gasteiger partial charge in [-0.2, -0.15) is 18.2 Å². The first-order chi connectivity index (χ1) is 17.5. The first-order valence-electron chi connectivity index (χ1n) is 11.8. The molecule has 0 bridgehead atoms. The Morgan fingerprint density at radius 2 is 1.94 bits per heavy atom. The van der Waals surface area contributed by atoms with E-state index in [9.17, 15) is 22.0 Å². The third-order valence-electron chi connectivity index (χ3n) is 6.14. The predicted molar refractivity (Wildman–Crippen MR) is 122 cm³/mol. The van der Waals surface area contributed by atoms with Crippen molar-refractivity contribution in [1.29, 1.82) is 0 Å². The van der Waals surface area contributed by atoms with Crippen LogP contribution in [0.4, 0.5) is 27.8 Å². The highest BCUT2D eigenvalue weighted by atomic mass is 19.4. The fourth-order valence-corrected chi connectivity index (χ4v) is 4.52. The Bertz CT molecular complexity index is 1510. The number of aromatic nitrogens is 6. The lowest BCUT2D eigenvalue weighted by Gasteiger charge is -2.30. The summed E-state index contributed by atoms with van der Waals surface area (Å²) in [6, 6.07) is 4.62. The molecule has 1 fully saturated rings. The van der Waals surface area contributed by atoms with Crippen molar-refractivity contribution in [2.24, 2.45) is 4.99 Å². The number of piperidine rings is 1. The molecule has 192 valence electrons. The van der Waals surface area contributed by atoms with Crippen molar-refractivity contribution in [2.75, 3.05) is 25.4 Å². The lowest BCUT2D eigenvalue weighted by molar-refractivity contribution is -0.147. The second-order valence-corrected chi connectivity index (χ2v) is 8.76. The Morgan fingerprint density at radius 1 is 1.19 bits per heavy atom. The van der Waals surface area contributed by atoms with Gasteiger partial charge in [0.05, 0.1) is 26.2 Å². The number of nitrogens with one attached hydrogen (secondary N) is 1. The number of pyridine rings is 1. The summed E-state index contributed by atoms with van der Waals surface area (Å²) in [6.45, 7) is 0.661. The highest BCUT2D eigenvalue weighted by Crippen LogP contribution is 2.28. The van der Waals surface area contributed by atoms with Crippen LogP contribution in [-0.4, -0.2) is 72.3 Å². The van der Waals surface area contributed by atoms with E-state index in [1.807, 2.05) is 0 Å². The Morgan fingerprint density at radius 3 is 2.64 bits per heavy atom. The van der Waals surface area contributed by atoms with Crippen LogP contribution in [0.3, 0.4) is 0 Å². The maximum Gasteiger partial charge on any atom is 0.401 e. The van der Waals surface area contributed by atoms with Crippen LogP contribution in [0.5, 0.6) is 0 Å². The molecule has 1 saturated heterocycles. The minimum Gasteiger partial charge on any atom is -0.382 e. The van der Waals surface area contributed by atoms with Crippen molar-refractivity contribution in [1.82, 2.24) is 34.0 Å². The first kappa shape index (κ1) is 22.9. The van der Waals surface area contributed by atoms with Gasteiger partial charge in [-0.3, -0.25) is 14.5 Å². The number of imidazole rings is 1. The van der Waals surface area contributed by atoms with E-state index in [0.717, 1.165) is 0 Å². The molecule has 5 rings (SSSR count). The fraction of sp³-hybridized carbons (Fsp3) is 0.455. The van der Waals surface area contributed by atoms with Crippen molar-refractivity contribution in [3.63, 3.8) is 0 Å². The molecule has 14 heteroatoms. The van der Waals surface area contributed by atoms with Gasteiger partial charge in [0.15, 0.2) is 11.5 Å². The smallest absolute Gasteiger partial charge is 0.382 e. The quantitative estimate of drug-likeness (QED) is 0.402. The normalized spacial score (nSPS) is 17.1. The molecule has 0 spiro atoms. The number of likely N-dealkylation sites (tertiary alicyclic amines) is 1. The fourth-order valence-electron chi connectivity index (χ4n) is 4.52. The van der Waals surface area contributed by atoms with Gasteiger partial charge < -0.3 is 10.3 Å². The van der Waals surface area contributed by atoms with Gasteiger partial charge in [-0.15, -0.1) is 0 Å². The zero-order valence-electron chi connectivity index (χ0n) is 20.2. The van der Waals surface area contributed by atoms with Gasteiger partial charge in [0.25, 0.3) is 6.43 Å². The lowest BCUT2D eigenvalue weighted by Crippen LogP contribution is -2.41. The molecule has 4 aromatic rings. The Kier molecular flexibility index (Phi) is 5.82. The summed E-state index contributed by atoms with van der Waals surface area (Å²) < 4.78 is 75.2. The summed E-state index contributed by atoms with van der Waals surface area (Å²) in [5, 5.41) is 2.93. The van der Waals surface area contributed by atoms with Gasteiger partial charge >= 0.3 is 6.18 Å². The molecule has 0 aromatic carbocycles. The molecule has 0 amide bonds. The molecule has 5 heterocycles. The molecule has 0 aliphatic carbocycles. The van der Waals surface area contributed by atoms with Crippen LogP contribution in [0.25, 0.3) is 27.9 Å². The Hall–Kier alpha value is -3.55. The SMILES string of the molecule is [2H]c1cc(-c2ccc3nc(C)n(CC(F)F)c3n2)c2c(N)nc(=NC3CCN(CC(F)(F)F)CC3)[nH]n12. The Balaban J connectivity index is 1.48. The second-order valence-electron chi connectivity index (χ2n) is 8.76. The number of nitrogens with zero attached hydrogens (tertiary/aromatic N) is 7. The summed E-state index contributed by atoms with van der Waals surface area (Å²) >= 11 is 0. The Labute approximate surface area is 202 Å². The van der Waals surface area contributed by atoms with Crippen molar-refractivity contribution in [2.45, 2.75) is 45.0 Å². The second kappa shape index (κ2) is 9.15. The van der Waals surface area contributed by atoms with E-state index in [0.29, 0.717) is 46.6 Å². The van der Waals surface area contributed by atoms with Crippen molar-refractivity contribution in [3.8, 4) is 11.3 Å². The number of alkyl halides is 5. The molecule has 0 atom stereocenters. The topological polar surface area (TPSA) is 105 Å². The molecular weight excluding hydrogens is 485 g/mol. The van der Waals surface area contributed by atoms with E-state index >= 15 is 0 Å². The molecule has 4 aromatic heterocycles. The maximum atomic E-state index is 13.1. The van der Waals surface area contributed by atoms with Crippen LogP contribution >= 0.6 is 0 Å². The van der Waals surface area contributed by atoms with Crippen LogP contribution in [0, 0.1) is 6.92 Å². The third kappa shape index (κ3) is 4.90. The van der Waals surface area contributed by atoms with Gasteiger partial charge in [-0.1, -0.05) is 0 Å². The van der Waals surface area contributed by atoms with E-state index in [1.165, 1.54) is 20.0 Å². The molecule has 0 radical (unpaired) electrons. The number of aromatic amines is 1. The van der Waals surface area contributed by atoms with Gasteiger partial charge in [-0.05, 0) is 38.0 Å². The average Bonchev–Trinajstić information content (AvgIpc) is 3.30. The van der Waals surface area contributed by atoms with Crippen LogP contribution in [0.1, 0.15) is 20.0 Å². The van der Waals surface area contributed by atoms with E-state index in [2.05, 4.69) is 25.0 Å². The average molecular weight is 510 g/mol. The number of halogens is 5. The first-order valence-corrected chi connectivity index (χ1v) is 11.3. The molecule has 9 nitrogen and oxygen atoms in total. The lowest BCUT2D eigenvalue weighted by atomic mass is 10.1. The summed E-state index contributed by atoms with van der Waals surface area (Å²) in [5.74, 6) is 0.479. The van der Waals surface area contributed by atoms with Crippen LogP contribution < -0.4 is 11.4 Å². The third-order valence-corrected chi connectivity index (χ3v) is 6.14. The molecule has 1 aliphatic rings. The predicted octanol–water partition coefficient (Wildman–Crippen LogP) is 3.16. The van der Waals surface area contributed by atoms with E-state index in [1.54, 1.807) is 19.1 Å². The maximum absolute atomic E-state index is 13.1. The molecule has 0 unspecified atom stereocenters. The van der Waals surface area contributed by atoms with Gasteiger partial charge in [-0.25, -0.2) is 23.7 Å². The van der Waals surface area contributed by atoms with Crippen molar-refractivity contribution in [3.05, 3.63) is 35.8 Å². The monoisotopic (exact) mass is 510 g/mol. The number of hydrogen-bond acceptors (Lipinski definition) is 6. The van der Waals surface area contributed by atoms with E-state index in [-0.39, 0.29) is 36.7 Å². The van der Waals surface area contributed by atoms with E-state index < -0.39 is 25.7 Å². The number of fused-ring (bicyclic) bond motifs is 2. The number of hydrogen-bond donors (Lipinski definition) is 2. The summed E-state index contributed by atoms with van der Waals surface area (Å²) in [4.78, 5) is 19.0. The molecule has 1 aliphatic heterocycles. The number of anilines is 1. The van der Waals surface area contributed by atoms with Gasteiger partial charge in [0.1, 0.15) is 16.9 Å². The van der Waals surface area contributed by atoms with Crippen molar-refractivity contribution >= 4 is 22.5 Å². The van der Waals surface area contributed by atoms with Crippen molar-refractivity contribution < 1.29 is 23.3 Å². The standard InChI is InChI=1S/C22H24F5N9/c1-12-29-16-3-2-15(31-20(16)35(12)10-17(23)24)14-6-9-36-18(14)19(28)32-21(33-36)30-13-4-7-34(8-5-13)11-22(25,26)27/h2-3,6,9,13,17H,4-5,7-8,10-11H2,1H3,(H3,28,30,32,33)/i9D. The van der Waals surface area contributed by atoms with Crippen LogP contribution in [0.15, 0.2) is 29.4 Å². The van der Waals surface area contributed by atoms with E-state index in [4.69, 9.17) is 7.10 Å². The number of nitrogens with two attached hydrogens (primary N) is 1. The molecular formula is C22H24F5N9. The zero-order valence-corrected chi connectivity index (χ0v) is 19.2. The largest absolute Gasteiger partial charge is 0.401 e. The highest BCUT2D eigenvalue weighted by Gasteiger charge is 2.32. The molecule has 3 N–H and O–H groups in total. The zero-order chi connectivity index (χ0) is 26.5. The minimum absolute atomic E-state index is 0.0368. The number of rotatable bonds is 5. The highest BCUT2D eigenvalue weighted by molar-refractivity contribution is 5.88. The minimum atomic E-state index is -4.24. The number of aryl methyl sites for hydroxylation is 1. The van der Waals surface area contributed by atoms with Crippen LogP contribution in [-0.2, 0) is 6.54 Å². The van der Waals surface area contributed by atoms with Crippen LogP contribution in [0.2, 0.25) is 0 Å². The number of nitrogen functional groups attached to an aromatic ring is 1. The summed E-state index contributed by atoms with van der Waals surface area (Å²) in [7, 11) is 0. The summed E-state index contributed by atoms with van der Waals surface area (Å²) in [5.41, 5.74) is 8.41.